The van der Waals surface area contributed by atoms with Crippen LogP contribution in [0.4, 0.5) is 0 Å². The first-order valence-electron chi connectivity index (χ1n) is 8.27. The minimum Gasteiger partial charge on any atom is -0.463 e. The Hall–Kier alpha value is -2.06. The third-order valence-corrected chi connectivity index (χ3v) is 5.14. The van der Waals surface area contributed by atoms with E-state index in [4.69, 9.17) is 4.42 Å². The van der Waals surface area contributed by atoms with Crippen LogP contribution < -0.4 is 5.32 Å². The number of nitrogens with one attached hydrogen (secondary N) is 1. The summed E-state index contributed by atoms with van der Waals surface area (Å²) >= 11 is 1.54. The number of nitrogens with zero attached hydrogens (tertiary/aromatic N) is 3. The van der Waals surface area contributed by atoms with Crippen LogP contribution in [0, 0.1) is 0 Å². The topological polar surface area (TPSA) is 82.2 Å². The van der Waals surface area contributed by atoms with Gasteiger partial charge >= 0.3 is 5.97 Å². The summed E-state index contributed by atoms with van der Waals surface area (Å²) in [6, 6.07) is 3.40. The molecule has 134 valence electrons. The maximum absolute atomic E-state index is 11.5. The zero-order chi connectivity index (χ0) is 17.6. The number of hydrogen-bond acceptors (Lipinski definition) is 7. The number of ether oxygens (including phenoxy) is 1. The van der Waals surface area contributed by atoms with E-state index in [1.54, 1.807) is 12.1 Å². The van der Waals surface area contributed by atoms with E-state index in [0.717, 1.165) is 36.9 Å². The zero-order valence-corrected chi connectivity index (χ0v) is 15.1. The van der Waals surface area contributed by atoms with Crippen LogP contribution in [0.1, 0.15) is 40.9 Å². The van der Waals surface area contributed by atoms with E-state index in [1.165, 1.54) is 18.9 Å². The van der Waals surface area contributed by atoms with Crippen molar-refractivity contribution in [2.24, 2.45) is 0 Å². The van der Waals surface area contributed by atoms with Crippen LogP contribution in [0.5, 0.6) is 0 Å². The average molecular weight is 362 g/mol. The SMILES string of the molecule is C=CCn1c(SCc2ccc(C(=O)OC)o2)nnc1C1CCNCC1. The summed E-state index contributed by atoms with van der Waals surface area (Å²) in [5.41, 5.74) is 0. The Balaban J connectivity index is 1.71. The normalized spacial score (nSPS) is 15.2. The fourth-order valence-electron chi connectivity index (χ4n) is 2.89. The zero-order valence-electron chi connectivity index (χ0n) is 14.2. The molecule has 1 aliphatic rings. The largest absolute Gasteiger partial charge is 0.463 e. The van der Waals surface area contributed by atoms with Crippen molar-refractivity contribution in [1.82, 2.24) is 20.1 Å². The summed E-state index contributed by atoms with van der Waals surface area (Å²) in [6.45, 7) is 6.55. The molecule has 2 aromatic rings. The number of esters is 1. The van der Waals surface area contributed by atoms with Crippen molar-refractivity contribution in [1.29, 1.82) is 0 Å². The first-order valence-corrected chi connectivity index (χ1v) is 9.26. The van der Waals surface area contributed by atoms with E-state index in [2.05, 4.69) is 31.4 Å². The van der Waals surface area contributed by atoms with Crippen LogP contribution in [-0.2, 0) is 17.0 Å². The molecule has 1 saturated heterocycles. The van der Waals surface area contributed by atoms with Crippen molar-refractivity contribution in [3.63, 3.8) is 0 Å². The number of carbonyl (C=O) groups is 1. The maximum Gasteiger partial charge on any atom is 0.373 e. The molecule has 2 aromatic heterocycles. The molecule has 7 nitrogen and oxygen atoms in total. The van der Waals surface area contributed by atoms with Crippen LogP contribution in [0.15, 0.2) is 34.4 Å². The van der Waals surface area contributed by atoms with Gasteiger partial charge < -0.3 is 19.0 Å². The number of carbonyl (C=O) groups excluding carboxylic acids is 1. The molecule has 0 radical (unpaired) electrons. The highest BCUT2D eigenvalue weighted by atomic mass is 32.2. The Morgan fingerprint density at radius 2 is 2.28 bits per heavy atom. The molecule has 8 heteroatoms. The average Bonchev–Trinajstić information content (AvgIpc) is 3.27. The number of hydrogen-bond donors (Lipinski definition) is 1. The van der Waals surface area contributed by atoms with Crippen LogP contribution >= 0.6 is 11.8 Å². The smallest absolute Gasteiger partial charge is 0.373 e. The standard InChI is InChI=1S/C17H22N4O3S/c1-3-10-21-15(12-6-8-18-9-7-12)19-20-17(21)25-11-13-4-5-14(24-13)16(22)23-2/h3-5,12,18H,1,6-11H2,2H3. The second kappa shape index (κ2) is 8.35. The Labute approximate surface area is 150 Å². The van der Waals surface area contributed by atoms with Crippen molar-refractivity contribution in [2.75, 3.05) is 20.2 Å². The molecule has 25 heavy (non-hydrogen) atoms. The van der Waals surface area contributed by atoms with Crippen molar-refractivity contribution in [3.05, 3.63) is 42.1 Å². The lowest BCUT2D eigenvalue weighted by Gasteiger charge is -2.22. The van der Waals surface area contributed by atoms with E-state index >= 15 is 0 Å². The number of allylic oxidation sites excluding steroid dienone is 1. The predicted octanol–water partition coefficient (Wildman–Crippen LogP) is 2.60. The summed E-state index contributed by atoms with van der Waals surface area (Å²) < 4.78 is 12.3. The number of piperidine rings is 1. The van der Waals surface area contributed by atoms with Crippen molar-refractivity contribution >= 4 is 17.7 Å². The predicted molar refractivity (Wildman–Crippen MR) is 94.7 cm³/mol. The maximum atomic E-state index is 11.5. The van der Waals surface area contributed by atoms with Crippen LogP contribution in [0.2, 0.25) is 0 Å². The van der Waals surface area contributed by atoms with Gasteiger partial charge in [0.25, 0.3) is 0 Å². The molecule has 0 unspecified atom stereocenters. The van der Waals surface area contributed by atoms with Crippen molar-refractivity contribution in [2.45, 2.75) is 36.2 Å². The third kappa shape index (κ3) is 4.13. The number of furan rings is 1. The molecule has 0 spiro atoms. The summed E-state index contributed by atoms with van der Waals surface area (Å²) in [5, 5.41) is 13.0. The van der Waals surface area contributed by atoms with Crippen molar-refractivity contribution < 1.29 is 13.9 Å². The fraction of sp³-hybridized carbons (Fsp3) is 0.471. The number of methoxy groups -OCH3 is 1. The molecule has 0 saturated carbocycles. The van der Waals surface area contributed by atoms with Crippen molar-refractivity contribution in [3.8, 4) is 0 Å². The quantitative estimate of drug-likeness (QED) is 0.460. The molecular formula is C17H22N4O3S. The molecule has 1 aliphatic heterocycles. The summed E-state index contributed by atoms with van der Waals surface area (Å²) in [4.78, 5) is 11.5. The van der Waals surface area contributed by atoms with E-state index < -0.39 is 5.97 Å². The van der Waals surface area contributed by atoms with Gasteiger partial charge in [0.1, 0.15) is 11.6 Å². The van der Waals surface area contributed by atoms with Gasteiger partial charge in [0.2, 0.25) is 5.76 Å². The highest BCUT2D eigenvalue weighted by molar-refractivity contribution is 7.98. The van der Waals surface area contributed by atoms with Gasteiger partial charge in [-0.2, -0.15) is 0 Å². The summed E-state index contributed by atoms with van der Waals surface area (Å²) in [7, 11) is 1.33. The molecule has 0 atom stereocenters. The molecular weight excluding hydrogens is 340 g/mol. The van der Waals surface area contributed by atoms with E-state index in [9.17, 15) is 4.79 Å². The van der Waals surface area contributed by atoms with Gasteiger partial charge in [-0.15, -0.1) is 16.8 Å². The van der Waals surface area contributed by atoms with Crippen LogP contribution in [0.25, 0.3) is 0 Å². The second-order valence-electron chi connectivity index (χ2n) is 5.81. The van der Waals surface area contributed by atoms with E-state index in [-0.39, 0.29) is 5.76 Å². The molecule has 0 aromatic carbocycles. The fourth-order valence-corrected chi connectivity index (χ4v) is 3.74. The Morgan fingerprint density at radius 3 is 3.00 bits per heavy atom. The minimum absolute atomic E-state index is 0.209. The van der Waals surface area contributed by atoms with Crippen LogP contribution in [0.3, 0.4) is 0 Å². The molecule has 0 aliphatic carbocycles. The highest BCUT2D eigenvalue weighted by Crippen LogP contribution is 2.29. The molecule has 1 N–H and O–H groups in total. The third-order valence-electron chi connectivity index (χ3n) is 4.15. The van der Waals surface area contributed by atoms with Gasteiger partial charge in [-0.05, 0) is 38.1 Å². The van der Waals surface area contributed by atoms with Gasteiger partial charge in [0.15, 0.2) is 5.16 Å². The molecule has 0 amide bonds. The summed E-state index contributed by atoms with van der Waals surface area (Å²) in [6.07, 6.45) is 4.00. The molecule has 3 rings (SSSR count). The van der Waals surface area contributed by atoms with E-state index in [1.807, 2.05) is 6.08 Å². The Kier molecular flexibility index (Phi) is 5.93. The lowest BCUT2D eigenvalue weighted by molar-refractivity contribution is 0.0563. The molecule has 1 fully saturated rings. The number of rotatable bonds is 7. The highest BCUT2D eigenvalue weighted by Gasteiger charge is 2.23. The first-order chi connectivity index (χ1) is 12.2. The Morgan fingerprint density at radius 1 is 1.48 bits per heavy atom. The van der Waals surface area contributed by atoms with Gasteiger partial charge in [0, 0.05) is 12.5 Å². The second-order valence-corrected chi connectivity index (χ2v) is 6.75. The van der Waals surface area contributed by atoms with Gasteiger partial charge in [-0.1, -0.05) is 17.8 Å². The van der Waals surface area contributed by atoms with Crippen LogP contribution in [-0.4, -0.2) is 40.9 Å². The van der Waals surface area contributed by atoms with Gasteiger partial charge in [-0.3, -0.25) is 0 Å². The Bertz CT molecular complexity index is 734. The van der Waals surface area contributed by atoms with E-state index in [0.29, 0.717) is 24.0 Å². The first kappa shape index (κ1) is 17.8. The van der Waals surface area contributed by atoms with Gasteiger partial charge in [0.05, 0.1) is 12.9 Å². The number of aromatic nitrogens is 3. The van der Waals surface area contributed by atoms with Gasteiger partial charge in [-0.25, -0.2) is 4.79 Å². The number of thioether (sulfide) groups is 1. The molecule has 3 heterocycles. The minimum atomic E-state index is -0.473. The summed E-state index contributed by atoms with van der Waals surface area (Å²) in [5.74, 6) is 2.46. The molecule has 0 bridgehead atoms. The monoisotopic (exact) mass is 362 g/mol. The lowest BCUT2D eigenvalue weighted by Crippen LogP contribution is -2.28. The lowest BCUT2D eigenvalue weighted by atomic mass is 9.97.